The molecule has 0 saturated carbocycles. The molecular weight excluding hydrogens is 453 g/mol. The van der Waals surface area contributed by atoms with Crippen molar-refractivity contribution in [2.75, 3.05) is 76.5 Å². The van der Waals surface area contributed by atoms with Crippen molar-refractivity contribution in [3.8, 4) is 0 Å². The molecule has 2 aromatic rings. The Kier molecular flexibility index (Phi) is 10.4. The number of rotatable bonds is 13. The highest BCUT2D eigenvalue weighted by Gasteiger charge is 2.25. The Balaban J connectivity index is 2.19. The molecule has 0 fully saturated rings. The van der Waals surface area contributed by atoms with Crippen molar-refractivity contribution in [3.63, 3.8) is 0 Å². The maximum absolute atomic E-state index is 13.3. The van der Waals surface area contributed by atoms with E-state index in [9.17, 15) is 9.59 Å². The predicted molar refractivity (Wildman–Crippen MR) is 131 cm³/mol. The van der Waals surface area contributed by atoms with Crippen molar-refractivity contribution in [1.29, 1.82) is 0 Å². The number of amides is 2. The van der Waals surface area contributed by atoms with Gasteiger partial charge in [-0.15, -0.1) is 23.2 Å². The van der Waals surface area contributed by atoms with E-state index in [0.717, 1.165) is 18.7 Å². The van der Waals surface area contributed by atoms with E-state index in [1.54, 1.807) is 48.5 Å². The molecule has 32 heavy (non-hydrogen) atoms. The second-order valence-electron chi connectivity index (χ2n) is 7.76. The summed E-state index contributed by atoms with van der Waals surface area (Å²) in [5.74, 6) is 0.407. The lowest BCUT2D eigenvalue weighted by Crippen LogP contribution is -2.45. The number of alkyl halides is 2. The molecule has 0 bridgehead atoms. The van der Waals surface area contributed by atoms with E-state index in [-0.39, 0.29) is 11.8 Å². The van der Waals surface area contributed by atoms with Crippen molar-refractivity contribution in [1.82, 2.24) is 24.8 Å². The maximum atomic E-state index is 13.3. The highest BCUT2D eigenvalue weighted by atomic mass is 35.5. The van der Waals surface area contributed by atoms with E-state index in [2.05, 4.69) is 20.2 Å². The molecule has 3 N–H and O–H groups in total. The standard InChI is InChI=1S/C21H33Cl2N7O2/c1-27(2)9-5-10-28(3)20(31)19-13-17(15-26-19)30(29(4)11-7-23)21(32)18-12-16(14-25-18)24-8-6-22/h12-15,24-26H,5-11H2,1-4H3. The molecule has 0 aliphatic heterocycles. The lowest BCUT2D eigenvalue weighted by atomic mass is 10.3. The lowest BCUT2D eigenvalue weighted by Gasteiger charge is -2.30. The predicted octanol–water partition coefficient (Wildman–Crippen LogP) is 2.75. The van der Waals surface area contributed by atoms with E-state index in [1.165, 1.54) is 5.01 Å². The number of hydrogen-bond acceptors (Lipinski definition) is 5. The molecule has 0 radical (unpaired) electrons. The number of nitrogens with one attached hydrogen (secondary N) is 3. The third kappa shape index (κ3) is 7.16. The molecule has 2 rings (SSSR count). The quantitative estimate of drug-likeness (QED) is 0.299. The van der Waals surface area contributed by atoms with Crippen LogP contribution in [0.5, 0.6) is 0 Å². The van der Waals surface area contributed by atoms with Gasteiger partial charge in [0.05, 0.1) is 11.4 Å². The Hall–Kier alpha value is -2.20. The van der Waals surface area contributed by atoms with Crippen molar-refractivity contribution in [2.24, 2.45) is 0 Å². The topological polar surface area (TPSA) is 90.7 Å². The van der Waals surface area contributed by atoms with Gasteiger partial charge >= 0.3 is 0 Å². The first-order valence-corrected chi connectivity index (χ1v) is 11.5. The van der Waals surface area contributed by atoms with Gasteiger partial charge in [-0.3, -0.25) is 9.59 Å². The van der Waals surface area contributed by atoms with E-state index >= 15 is 0 Å². The summed E-state index contributed by atoms with van der Waals surface area (Å²) < 4.78 is 0. The van der Waals surface area contributed by atoms with Gasteiger partial charge in [0.2, 0.25) is 0 Å². The van der Waals surface area contributed by atoms with E-state index < -0.39 is 0 Å². The number of aromatic nitrogens is 2. The van der Waals surface area contributed by atoms with Gasteiger partial charge in [-0.05, 0) is 39.2 Å². The Labute approximate surface area is 199 Å². The molecule has 0 unspecified atom stereocenters. The average molecular weight is 486 g/mol. The van der Waals surface area contributed by atoms with Crippen molar-refractivity contribution in [2.45, 2.75) is 6.42 Å². The van der Waals surface area contributed by atoms with Crippen LogP contribution in [0, 0.1) is 0 Å². The third-order valence-corrected chi connectivity index (χ3v) is 5.23. The molecule has 0 aliphatic rings. The SMILES string of the molecule is CN(C)CCCN(C)C(=O)c1cc(N(C(=O)c2cc(NCCCl)c[nH]2)N(C)CCCl)c[nH]1. The summed E-state index contributed by atoms with van der Waals surface area (Å²) in [6.45, 7) is 2.58. The monoisotopic (exact) mass is 485 g/mol. The number of halogens is 2. The second-order valence-corrected chi connectivity index (χ2v) is 8.52. The highest BCUT2D eigenvalue weighted by molar-refractivity contribution is 6.18. The zero-order valence-electron chi connectivity index (χ0n) is 19.1. The van der Waals surface area contributed by atoms with Gasteiger partial charge in [-0.25, -0.2) is 10.0 Å². The summed E-state index contributed by atoms with van der Waals surface area (Å²) in [7, 11) is 7.55. The van der Waals surface area contributed by atoms with Crippen LogP contribution in [0.3, 0.4) is 0 Å². The van der Waals surface area contributed by atoms with Gasteiger partial charge in [0, 0.05) is 57.9 Å². The third-order valence-electron chi connectivity index (χ3n) is 4.87. The van der Waals surface area contributed by atoms with E-state index in [1.807, 2.05) is 14.1 Å². The molecule has 2 heterocycles. The fourth-order valence-corrected chi connectivity index (χ4v) is 3.52. The number of anilines is 2. The molecule has 0 atom stereocenters. The minimum absolute atomic E-state index is 0.130. The van der Waals surface area contributed by atoms with Crippen LogP contribution in [-0.4, -0.2) is 103 Å². The van der Waals surface area contributed by atoms with Gasteiger partial charge in [-0.1, -0.05) is 0 Å². The van der Waals surface area contributed by atoms with Crippen molar-refractivity contribution in [3.05, 3.63) is 35.9 Å². The van der Waals surface area contributed by atoms with E-state index in [0.29, 0.717) is 48.5 Å². The molecule has 2 amide bonds. The minimum Gasteiger partial charge on any atom is -0.383 e. The number of hydrazine groups is 1. The smallest absolute Gasteiger partial charge is 0.289 e. The highest BCUT2D eigenvalue weighted by Crippen LogP contribution is 2.22. The summed E-state index contributed by atoms with van der Waals surface area (Å²) in [5.41, 5.74) is 2.15. The largest absolute Gasteiger partial charge is 0.383 e. The lowest BCUT2D eigenvalue weighted by molar-refractivity contribution is 0.0785. The molecule has 0 saturated heterocycles. The molecule has 2 aromatic heterocycles. The number of H-pyrrole nitrogens is 2. The summed E-state index contributed by atoms with van der Waals surface area (Å²) in [4.78, 5) is 35.9. The zero-order valence-corrected chi connectivity index (χ0v) is 20.6. The molecule has 0 aromatic carbocycles. The Morgan fingerprint density at radius 3 is 2.25 bits per heavy atom. The maximum Gasteiger partial charge on any atom is 0.289 e. The van der Waals surface area contributed by atoms with Crippen LogP contribution in [0.4, 0.5) is 11.4 Å². The molecule has 11 heteroatoms. The number of aromatic amines is 2. The molecule has 0 aliphatic carbocycles. The first-order valence-electron chi connectivity index (χ1n) is 10.5. The van der Waals surface area contributed by atoms with Crippen LogP contribution in [0.15, 0.2) is 24.5 Å². The second kappa shape index (κ2) is 12.7. The fraction of sp³-hybridized carbons (Fsp3) is 0.524. The number of carbonyl (C=O) groups excluding carboxylic acids is 2. The van der Waals surface area contributed by atoms with Crippen LogP contribution in [0.2, 0.25) is 0 Å². The summed E-state index contributed by atoms with van der Waals surface area (Å²) >= 11 is 11.6. The van der Waals surface area contributed by atoms with Gasteiger partial charge in [0.15, 0.2) is 0 Å². The normalized spacial score (nSPS) is 11.2. The van der Waals surface area contributed by atoms with Crippen LogP contribution in [-0.2, 0) is 0 Å². The van der Waals surface area contributed by atoms with Crippen LogP contribution < -0.4 is 10.3 Å². The summed E-state index contributed by atoms with van der Waals surface area (Å²) in [5, 5.41) is 6.35. The number of hydrogen-bond donors (Lipinski definition) is 3. The fourth-order valence-electron chi connectivity index (χ4n) is 3.18. The molecule has 0 spiro atoms. The first kappa shape index (κ1) is 26.1. The Morgan fingerprint density at radius 2 is 1.59 bits per heavy atom. The molecular formula is C21H33Cl2N7O2. The molecule has 178 valence electrons. The van der Waals surface area contributed by atoms with Gasteiger partial charge in [-0.2, -0.15) is 0 Å². The summed E-state index contributed by atoms with van der Waals surface area (Å²) in [6, 6.07) is 3.41. The molecule has 9 nitrogen and oxygen atoms in total. The van der Waals surface area contributed by atoms with Crippen LogP contribution in [0.25, 0.3) is 0 Å². The first-order chi connectivity index (χ1) is 15.3. The van der Waals surface area contributed by atoms with E-state index in [4.69, 9.17) is 23.2 Å². The van der Waals surface area contributed by atoms with Gasteiger partial charge in [0.25, 0.3) is 11.8 Å². The number of nitrogens with zero attached hydrogens (tertiary/aromatic N) is 4. The van der Waals surface area contributed by atoms with Gasteiger partial charge < -0.3 is 25.1 Å². The van der Waals surface area contributed by atoms with Crippen molar-refractivity contribution >= 4 is 46.4 Å². The zero-order chi connectivity index (χ0) is 23.7. The van der Waals surface area contributed by atoms with Crippen LogP contribution >= 0.6 is 23.2 Å². The van der Waals surface area contributed by atoms with Crippen LogP contribution in [0.1, 0.15) is 27.4 Å². The minimum atomic E-state index is -0.270. The van der Waals surface area contributed by atoms with Gasteiger partial charge in [0.1, 0.15) is 11.4 Å². The number of carbonyl (C=O) groups is 2. The average Bonchev–Trinajstić information content (AvgIpc) is 3.41. The Morgan fingerprint density at radius 1 is 0.906 bits per heavy atom. The Bertz CT molecular complexity index is 868. The summed E-state index contributed by atoms with van der Waals surface area (Å²) in [6.07, 6.45) is 4.24. The van der Waals surface area contributed by atoms with Crippen molar-refractivity contribution < 1.29 is 9.59 Å².